The number of nitrogens with zero attached hydrogens (tertiary/aromatic N) is 1. The average molecular weight is 165 g/mol. The van der Waals surface area contributed by atoms with E-state index in [1.807, 2.05) is 18.5 Å². The number of anilines is 1. The van der Waals surface area contributed by atoms with E-state index in [2.05, 4.69) is 9.97 Å². The van der Waals surface area contributed by atoms with Gasteiger partial charge in [0.15, 0.2) is 5.13 Å². The Morgan fingerprint density at radius 1 is 1.55 bits per heavy atom. The molecule has 2 heterocycles. The average Bonchev–Trinajstić information content (AvgIpc) is 2.55. The Morgan fingerprint density at radius 3 is 3.00 bits per heavy atom. The van der Waals surface area contributed by atoms with Crippen LogP contribution in [0.5, 0.6) is 0 Å². The predicted molar refractivity (Wildman–Crippen MR) is 46.3 cm³/mol. The van der Waals surface area contributed by atoms with E-state index in [4.69, 9.17) is 5.73 Å². The molecule has 56 valence electrons. The number of thiazole rings is 1. The van der Waals surface area contributed by atoms with Gasteiger partial charge in [0.25, 0.3) is 0 Å². The van der Waals surface area contributed by atoms with Crippen molar-refractivity contribution < 1.29 is 0 Å². The van der Waals surface area contributed by atoms with E-state index in [0.717, 1.165) is 10.4 Å². The lowest BCUT2D eigenvalue weighted by Crippen LogP contribution is -1.77. The van der Waals surface area contributed by atoms with E-state index >= 15 is 0 Å². The van der Waals surface area contributed by atoms with E-state index in [0.29, 0.717) is 5.13 Å². The molecule has 0 saturated heterocycles. The van der Waals surface area contributed by atoms with Crippen molar-refractivity contribution in [1.82, 2.24) is 9.97 Å². The summed E-state index contributed by atoms with van der Waals surface area (Å²) in [5.74, 6) is 0. The highest BCUT2D eigenvalue weighted by molar-refractivity contribution is 7.18. The third kappa shape index (κ3) is 1.12. The van der Waals surface area contributed by atoms with E-state index in [9.17, 15) is 0 Å². The Morgan fingerprint density at radius 2 is 2.45 bits per heavy atom. The van der Waals surface area contributed by atoms with E-state index in [1.54, 1.807) is 6.20 Å². The van der Waals surface area contributed by atoms with Gasteiger partial charge in [-0.15, -0.1) is 0 Å². The van der Waals surface area contributed by atoms with Crippen LogP contribution in [-0.2, 0) is 0 Å². The first-order chi connectivity index (χ1) is 5.36. The maximum atomic E-state index is 5.48. The maximum absolute atomic E-state index is 5.48. The number of H-pyrrole nitrogens is 1. The molecule has 0 atom stereocenters. The molecule has 0 aliphatic carbocycles. The fourth-order valence-corrected chi connectivity index (χ4v) is 1.58. The largest absolute Gasteiger partial charge is 0.375 e. The predicted octanol–water partition coefficient (Wildman–Crippen LogP) is 1.72. The minimum absolute atomic E-state index is 0.612. The Kier molecular flexibility index (Phi) is 1.40. The highest BCUT2D eigenvalue weighted by Gasteiger charge is 2.00. The molecule has 0 aromatic carbocycles. The molecule has 0 unspecified atom stereocenters. The zero-order valence-corrected chi connectivity index (χ0v) is 6.56. The van der Waals surface area contributed by atoms with Gasteiger partial charge in [-0.1, -0.05) is 11.3 Å². The van der Waals surface area contributed by atoms with Gasteiger partial charge in [-0.3, -0.25) is 0 Å². The highest BCUT2D eigenvalue weighted by Crippen LogP contribution is 2.26. The summed E-state index contributed by atoms with van der Waals surface area (Å²) in [5, 5.41) is 0.612. The minimum atomic E-state index is 0.612. The van der Waals surface area contributed by atoms with Gasteiger partial charge in [0.2, 0.25) is 0 Å². The van der Waals surface area contributed by atoms with Crippen LogP contribution in [0.4, 0.5) is 5.13 Å². The number of nitrogens with one attached hydrogen (secondary N) is 1. The summed E-state index contributed by atoms with van der Waals surface area (Å²) in [6.07, 6.45) is 5.58. The van der Waals surface area contributed by atoms with E-state index in [1.165, 1.54) is 11.3 Å². The van der Waals surface area contributed by atoms with Crippen molar-refractivity contribution in [1.29, 1.82) is 0 Å². The van der Waals surface area contributed by atoms with Crippen molar-refractivity contribution in [2.24, 2.45) is 0 Å². The minimum Gasteiger partial charge on any atom is -0.375 e. The molecular formula is C7H7N3S. The molecule has 0 saturated carbocycles. The molecule has 4 heteroatoms. The molecule has 0 bridgehead atoms. The monoisotopic (exact) mass is 165 g/mol. The van der Waals surface area contributed by atoms with Crippen LogP contribution in [0.15, 0.2) is 24.7 Å². The first kappa shape index (κ1) is 6.42. The van der Waals surface area contributed by atoms with Gasteiger partial charge >= 0.3 is 0 Å². The summed E-state index contributed by atoms with van der Waals surface area (Å²) in [5.41, 5.74) is 6.62. The van der Waals surface area contributed by atoms with Crippen molar-refractivity contribution in [2.45, 2.75) is 0 Å². The van der Waals surface area contributed by atoms with Gasteiger partial charge in [0, 0.05) is 24.2 Å². The van der Waals surface area contributed by atoms with Crippen molar-refractivity contribution in [3.63, 3.8) is 0 Å². The van der Waals surface area contributed by atoms with Crippen LogP contribution >= 0.6 is 11.3 Å². The second-order valence-electron chi connectivity index (χ2n) is 2.16. The Bertz CT molecular complexity index is 336. The van der Waals surface area contributed by atoms with Crippen LogP contribution in [0, 0.1) is 0 Å². The molecule has 0 spiro atoms. The SMILES string of the molecule is Nc1ncc(-c2cc[nH]c2)s1. The molecule has 0 fully saturated rings. The number of rotatable bonds is 1. The Balaban J connectivity index is 2.45. The summed E-state index contributed by atoms with van der Waals surface area (Å²) in [6.45, 7) is 0. The van der Waals surface area contributed by atoms with Crippen LogP contribution in [0.1, 0.15) is 0 Å². The third-order valence-electron chi connectivity index (χ3n) is 1.41. The number of hydrogen-bond acceptors (Lipinski definition) is 3. The zero-order valence-electron chi connectivity index (χ0n) is 5.74. The first-order valence-electron chi connectivity index (χ1n) is 3.21. The molecular weight excluding hydrogens is 158 g/mol. The van der Waals surface area contributed by atoms with Crippen molar-refractivity contribution in [2.75, 3.05) is 5.73 Å². The van der Waals surface area contributed by atoms with Crippen molar-refractivity contribution in [3.05, 3.63) is 24.7 Å². The van der Waals surface area contributed by atoms with Gasteiger partial charge in [-0.2, -0.15) is 0 Å². The molecule has 11 heavy (non-hydrogen) atoms. The molecule has 2 aromatic rings. The summed E-state index contributed by atoms with van der Waals surface area (Å²) in [6, 6.07) is 1.99. The second kappa shape index (κ2) is 2.39. The summed E-state index contributed by atoms with van der Waals surface area (Å²) < 4.78 is 0. The number of hydrogen-bond donors (Lipinski definition) is 2. The molecule has 0 aliphatic heterocycles. The van der Waals surface area contributed by atoms with Gasteiger partial charge < -0.3 is 10.7 Å². The van der Waals surface area contributed by atoms with Crippen LogP contribution in [-0.4, -0.2) is 9.97 Å². The standard InChI is InChI=1S/C7H7N3S/c8-7-10-4-6(11-7)5-1-2-9-3-5/h1-4,9H,(H2,8,10). The number of nitrogen functional groups attached to an aromatic ring is 1. The van der Waals surface area contributed by atoms with Gasteiger partial charge in [0.05, 0.1) is 4.88 Å². The fraction of sp³-hybridized carbons (Fsp3) is 0. The molecule has 0 radical (unpaired) electrons. The maximum Gasteiger partial charge on any atom is 0.180 e. The van der Waals surface area contributed by atoms with Crippen LogP contribution in [0.25, 0.3) is 10.4 Å². The zero-order chi connectivity index (χ0) is 7.68. The molecule has 0 aliphatic rings. The van der Waals surface area contributed by atoms with Crippen molar-refractivity contribution in [3.8, 4) is 10.4 Å². The van der Waals surface area contributed by atoms with E-state index in [-0.39, 0.29) is 0 Å². The number of nitrogens with two attached hydrogens (primary N) is 1. The summed E-state index contributed by atoms with van der Waals surface area (Å²) in [7, 11) is 0. The van der Waals surface area contributed by atoms with Crippen LogP contribution in [0.3, 0.4) is 0 Å². The van der Waals surface area contributed by atoms with Crippen LogP contribution in [0.2, 0.25) is 0 Å². The topological polar surface area (TPSA) is 54.7 Å². The summed E-state index contributed by atoms with van der Waals surface area (Å²) in [4.78, 5) is 8.03. The van der Waals surface area contributed by atoms with Gasteiger partial charge in [0.1, 0.15) is 0 Å². The summed E-state index contributed by atoms with van der Waals surface area (Å²) >= 11 is 1.49. The van der Waals surface area contributed by atoms with Crippen LogP contribution < -0.4 is 5.73 Å². The molecule has 2 rings (SSSR count). The molecule has 3 nitrogen and oxygen atoms in total. The Hall–Kier alpha value is -1.29. The third-order valence-corrected chi connectivity index (χ3v) is 2.28. The molecule has 0 amide bonds. The molecule has 3 N–H and O–H groups in total. The number of aromatic amines is 1. The van der Waals surface area contributed by atoms with Gasteiger partial charge in [-0.25, -0.2) is 4.98 Å². The fourth-order valence-electron chi connectivity index (χ4n) is 0.898. The normalized spacial score (nSPS) is 10.2. The highest BCUT2D eigenvalue weighted by atomic mass is 32.1. The number of aromatic nitrogens is 2. The smallest absolute Gasteiger partial charge is 0.180 e. The van der Waals surface area contributed by atoms with E-state index < -0.39 is 0 Å². The lowest BCUT2D eigenvalue weighted by atomic mass is 10.3. The quantitative estimate of drug-likeness (QED) is 0.676. The molecule has 2 aromatic heterocycles. The Labute approximate surface area is 67.9 Å². The van der Waals surface area contributed by atoms with Gasteiger partial charge in [-0.05, 0) is 6.07 Å². The lowest BCUT2D eigenvalue weighted by molar-refractivity contribution is 1.41. The van der Waals surface area contributed by atoms with Crippen molar-refractivity contribution >= 4 is 16.5 Å². The lowest BCUT2D eigenvalue weighted by Gasteiger charge is -1.84. The first-order valence-corrected chi connectivity index (χ1v) is 4.02. The second-order valence-corrected chi connectivity index (χ2v) is 3.22.